The summed E-state index contributed by atoms with van der Waals surface area (Å²) in [6, 6.07) is 5.56. The summed E-state index contributed by atoms with van der Waals surface area (Å²) in [5.74, 6) is 2.26. The Morgan fingerprint density at radius 3 is 2.79 bits per heavy atom. The van der Waals surface area contributed by atoms with Gasteiger partial charge in [0.2, 0.25) is 0 Å². The van der Waals surface area contributed by atoms with Crippen LogP contribution in [0, 0.1) is 30.1 Å². The zero-order valence-electron chi connectivity index (χ0n) is 14.9. The Hall–Kier alpha value is -1.35. The van der Waals surface area contributed by atoms with Crippen LogP contribution in [0.2, 0.25) is 0 Å². The zero-order chi connectivity index (χ0) is 17.3. The number of rotatable bonds is 5. The van der Waals surface area contributed by atoms with E-state index in [1.165, 1.54) is 17.5 Å². The fourth-order valence-electron chi connectivity index (χ4n) is 5.53. The maximum atomic E-state index is 12.4. The predicted octanol–water partition coefficient (Wildman–Crippen LogP) is 4.03. The number of phenols is 1. The largest absolute Gasteiger partial charge is 0.508 e. The Morgan fingerprint density at radius 1 is 1.25 bits per heavy atom. The number of benzene rings is 1. The molecule has 3 unspecified atom stereocenters. The van der Waals surface area contributed by atoms with Crippen molar-refractivity contribution < 1.29 is 15.0 Å². The lowest BCUT2D eigenvalue weighted by molar-refractivity contribution is -0.129. The van der Waals surface area contributed by atoms with Crippen molar-refractivity contribution in [1.82, 2.24) is 0 Å². The molecule has 2 saturated carbocycles. The van der Waals surface area contributed by atoms with Crippen LogP contribution in [-0.2, 0) is 11.2 Å². The molecule has 0 bridgehead atoms. The molecule has 2 fully saturated rings. The molecule has 0 saturated heterocycles. The fraction of sp³-hybridized carbons (Fsp3) is 0.667. The van der Waals surface area contributed by atoms with Crippen molar-refractivity contribution in [2.45, 2.75) is 58.8 Å². The number of aryl methyl sites for hydroxylation is 2. The monoisotopic (exact) mass is 330 g/mol. The molecule has 3 heteroatoms. The first-order valence-electron chi connectivity index (χ1n) is 9.35. The Kier molecular flexibility index (Phi) is 5.00. The highest BCUT2D eigenvalue weighted by Gasteiger charge is 2.52. The molecule has 2 N–H and O–H groups in total. The highest BCUT2D eigenvalue weighted by molar-refractivity contribution is 5.80. The Labute approximate surface area is 145 Å². The minimum atomic E-state index is 0.0800. The number of aliphatic hydroxyl groups excluding tert-OH is 1. The average Bonchev–Trinajstić information content (AvgIpc) is 2.85. The quantitative estimate of drug-likeness (QED) is 0.857. The van der Waals surface area contributed by atoms with E-state index in [2.05, 4.69) is 13.8 Å². The summed E-state index contributed by atoms with van der Waals surface area (Å²) in [4.78, 5) is 12.4. The summed E-state index contributed by atoms with van der Waals surface area (Å²) in [5, 5.41) is 19.1. The van der Waals surface area contributed by atoms with Crippen molar-refractivity contribution in [3.05, 3.63) is 29.3 Å². The van der Waals surface area contributed by atoms with E-state index in [1.54, 1.807) is 6.07 Å². The van der Waals surface area contributed by atoms with Gasteiger partial charge in [0.15, 0.2) is 0 Å². The molecule has 0 radical (unpaired) electrons. The summed E-state index contributed by atoms with van der Waals surface area (Å²) in [7, 11) is 0. The number of ketones is 1. The number of aromatic hydroxyl groups is 1. The highest BCUT2D eigenvalue weighted by atomic mass is 16.3. The van der Waals surface area contributed by atoms with Gasteiger partial charge in [-0.1, -0.05) is 13.0 Å². The summed E-state index contributed by atoms with van der Waals surface area (Å²) in [6.07, 6.45) is 6.53. The Bertz CT molecular complexity index is 609. The number of hydrogen-bond donors (Lipinski definition) is 2. The lowest BCUT2D eigenvalue weighted by atomic mass is 9.59. The molecule has 3 nitrogen and oxygen atoms in total. The third-order valence-electron chi connectivity index (χ3n) is 6.84. The van der Waals surface area contributed by atoms with Crippen LogP contribution in [0.5, 0.6) is 5.75 Å². The summed E-state index contributed by atoms with van der Waals surface area (Å²) < 4.78 is 0. The smallest absolute Gasteiger partial charge is 0.133 e. The van der Waals surface area contributed by atoms with Crippen LogP contribution in [-0.4, -0.2) is 22.6 Å². The molecular formula is C21H30O3. The summed E-state index contributed by atoms with van der Waals surface area (Å²) in [5.41, 5.74) is 2.48. The fourth-order valence-corrected chi connectivity index (χ4v) is 5.53. The van der Waals surface area contributed by atoms with E-state index in [9.17, 15) is 15.0 Å². The van der Waals surface area contributed by atoms with Crippen LogP contribution in [0.3, 0.4) is 0 Å². The van der Waals surface area contributed by atoms with Crippen LogP contribution < -0.4 is 0 Å². The number of carbonyl (C=O) groups excluding carboxylic acids is 1. The molecule has 2 aliphatic rings. The molecule has 3 rings (SSSR count). The summed E-state index contributed by atoms with van der Waals surface area (Å²) in [6.45, 7) is 4.60. The second kappa shape index (κ2) is 6.87. The maximum Gasteiger partial charge on any atom is 0.133 e. The normalized spacial score (nSPS) is 32.8. The number of aliphatic hydroxyl groups is 1. The predicted molar refractivity (Wildman–Crippen MR) is 94.9 cm³/mol. The van der Waals surface area contributed by atoms with Crippen LogP contribution in [0.15, 0.2) is 18.2 Å². The van der Waals surface area contributed by atoms with Crippen molar-refractivity contribution in [2.24, 2.45) is 23.2 Å². The number of phenolic OH excluding ortho intramolecular Hbond substituents is 1. The molecular weight excluding hydrogens is 300 g/mol. The molecule has 0 aliphatic heterocycles. The van der Waals surface area contributed by atoms with Crippen molar-refractivity contribution in [1.29, 1.82) is 0 Å². The first-order chi connectivity index (χ1) is 11.4. The van der Waals surface area contributed by atoms with E-state index in [-0.39, 0.29) is 12.0 Å². The van der Waals surface area contributed by atoms with Crippen LogP contribution in [0.4, 0.5) is 0 Å². The number of carbonyl (C=O) groups is 1. The van der Waals surface area contributed by atoms with Gasteiger partial charge >= 0.3 is 0 Å². The van der Waals surface area contributed by atoms with Gasteiger partial charge in [-0.15, -0.1) is 0 Å². The van der Waals surface area contributed by atoms with Crippen molar-refractivity contribution in [3.63, 3.8) is 0 Å². The number of Topliss-reactive ketones (excluding diaryl/α,β-unsaturated/α-hetero) is 1. The molecule has 2 aliphatic carbocycles. The minimum absolute atomic E-state index is 0.0800. The van der Waals surface area contributed by atoms with E-state index < -0.39 is 0 Å². The van der Waals surface area contributed by atoms with Gasteiger partial charge in [0, 0.05) is 19.4 Å². The second-order valence-electron chi connectivity index (χ2n) is 8.23. The maximum absolute atomic E-state index is 12.4. The molecule has 132 valence electrons. The minimum Gasteiger partial charge on any atom is -0.508 e. The van der Waals surface area contributed by atoms with Crippen molar-refractivity contribution >= 4 is 5.78 Å². The molecule has 1 aromatic carbocycles. The van der Waals surface area contributed by atoms with Gasteiger partial charge in [0.05, 0.1) is 0 Å². The lowest BCUT2D eigenvalue weighted by Crippen LogP contribution is -2.41. The van der Waals surface area contributed by atoms with E-state index in [0.717, 1.165) is 25.7 Å². The number of fused-ring (bicyclic) bond motifs is 1. The molecule has 24 heavy (non-hydrogen) atoms. The van der Waals surface area contributed by atoms with E-state index in [4.69, 9.17) is 0 Å². The van der Waals surface area contributed by atoms with Crippen molar-refractivity contribution in [3.8, 4) is 5.75 Å². The number of hydrogen-bond acceptors (Lipinski definition) is 3. The molecule has 0 spiro atoms. The standard InChI is InChI=1S/C21H30O3/c1-14-3-7-18(23)11-15(14)4-5-16-12-19(24)13-21(2)17(9-10-22)6-8-20(16)21/h3,7,11,16-17,20,22-23H,4-6,8-10,12-13H2,1-2H3/t16?,17-,20?,21?/m1/s1. The van der Waals surface area contributed by atoms with E-state index >= 15 is 0 Å². The zero-order valence-corrected chi connectivity index (χ0v) is 14.9. The van der Waals surface area contributed by atoms with Crippen LogP contribution in [0.1, 0.15) is 56.6 Å². The average molecular weight is 330 g/mol. The second-order valence-corrected chi connectivity index (χ2v) is 8.23. The molecule has 0 amide bonds. The van der Waals surface area contributed by atoms with Gasteiger partial charge in [0.1, 0.15) is 11.5 Å². The van der Waals surface area contributed by atoms with Gasteiger partial charge in [-0.25, -0.2) is 0 Å². The Balaban J connectivity index is 1.73. The van der Waals surface area contributed by atoms with Gasteiger partial charge in [-0.2, -0.15) is 0 Å². The van der Waals surface area contributed by atoms with E-state index in [1.807, 2.05) is 12.1 Å². The third-order valence-corrected chi connectivity index (χ3v) is 6.84. The first-order valence-corrected chi connectivity index (χ1v) is 9.35. The van der Waals surface area contributed by atoms with Gasteiger partial charge in [-0.05, 0) is 85.5 Å². The topological polar surface area (TPSA) is 57.5 Å². The molecule has 0 aromatic heterocycles. The van der Waals surface area contributed by atoms with Crippen LogP contribution >= 0.6 is 0 Å². The third kappa shape index (κ3) is 3.23. The molecule has 4 atom stereocenters. The van der Waals surface area contributed by atoms with E-state index in [0.29, 0.717) is 42.1 Å². The lowest BCUT2D eigenvalue weighted by Gasteiger charge is -2.44. The highest BCUT2D eigenvalue weighted by Crippen LogP contribution is 2.58. The van der Waals surface area contributed by atoms with Crippen LogP contribution in [0.25, 0.3) is 0 Å². The summed E-state index contributed by atoms with van der Waals surface area (Å²) >= 11 is 0. The molecule has 0 heterocycles. The Morgan fingerprint density at radius 2 is 2.04 bits per heavy atom. The van der Waals surface area contributed by atoms with Gasteiger partial charge < -0.3 is 10.2 Å². The first kappa shape index (κ1) is 17.5. The molecule has 1 aromatic rings. The SMILES string of the molecule is Cc1ccc(O)cc1CCC1CC(=O)CC2(C)C1CC[C@@H]2CCO. The van der Waals surface area contributed by atoms with Crippen molar-refractivity contribution in [2.75, 3.05) is 6.61 Å². The van der Waals surface area contributed by atoms with Gasteiger partial charge in [0.25, 0.3) is 0 Å². The van der Waals surface area contributed by atoms with Gasteiger partial charge in [-0.3, -0.25) is 4.79 Å².